The fourth-order valence-corrected chi connectivity index (χ4v) is 2.07. The molecule has 22 heavy (non-hydrogen) atoms. The SMILES string of the molecule is C=C(C)C(C)(C)OOC(CCCCCCCCCCC)OC. The summed E-state index contributed by atoms with van der Waals surface area (Å²) in [6, 6.07) is 0. The highest BCUT2D eigenvalue weighted by atomic mass is 17.2. The Morgan fingerprint density at radius 1 is 0.955 bits per heavy atom. The van der Waals surface area contributed by atoms with E-state index in [9.17, 15) is 0 Å². The zero-order valence-electron chi connectivity index (χ0n) is 15.6. The van der Waals surface area contributed by atoms with Crippen molar-refractivity contribution in [1.29, 1.82) is 0 Å². The van der Waals surface area contributed by atoms with Crippen molar-refractivity contribution in [3.8, 4) is 0 Å². The van der Waals surface area contributed by atoms with Gasteiger partial charge in [0.25, 0.3) is 0 Å². The molecule has 0 heterocycles. The average Bonchev–Trinajstić information content (AvgIpc) is 2.48. The molecule has 3 heteroatoms. The molecule has 0 N–H and O–H groups in total. The summed E-state index contributed by atoms with van der Waals surface area (Å²) in [5.74, 6) is 0. The third-order valence-electron chi connectivity index (χ3n) is 4.20. The molecule has 0 aromatic carbocycles. The summed E-state index contributed by atoms with van der Waals surface area (Å²) in [5, 5.41) is 0. The van der Waals surface area contributed by atoms with E-state index >= 15 is 0 Å². The second kappa shape index (κ2) is 13.1. The zero-order chi connectivity index (χ0) is 16.8. The van der Waals surface area contributed by atoms with Crippen LogP contribution in [0.25, 0.3) is 0 Å². The molecule has 0 rings (SSSR count). The molecule has 0 bridgehead atoms. The first-order valence-electron chi connectivity index (χ1n) is 8.97. The summed E-state index contributed by atoms with van der Waals surface area (Å²) in [6.45, 7) is 12.0. The first-order chi connectivity index (χ1) is 10.4. The number of ether oxygens (including phenoxy) is 1. The van der Waals surface area contributed by atoms with Crippen molar-refractivity contribution in [3.05, 3.63) is 12.2 Å². The Morgan fingerprint density at radius 2 is 1.45 bits per heavy atom. The lowest BCUT2D eigenvalue weighted by Gasteiger charge is -2.26. The number of methoxy groups -OCH3 is 1. The van der Waals surface area contributed by atoms with Crippen LogP contribution in [0.2, 0.25) is 0 Å². The van der Waals surface area contributed by atoms with Gasteiger partial charge in [0.1, 0.15) is 5.60 Å². The summed E-state index contributed by atoms with van der Waals surface area (Å²) >= 11 is 0. The highest BCUT2D eigenvalue weighted by Gasteiger charge is 2.23. The minimum atomic E-state index is -0.477. The molecule has 1 unspecified atom stereocenters. The van der Waals surface area contributed by atoms with Gasteiger partial charge in [0.15, 0.2) is 6.29 Å². The van der Waals surface area contributed by atoms with E-state index in [1.165, 1.54) is 51.4 Å². The Balaban J connectivity index is 3.60. The van der Waals surface area contributed by atoms with Crippen LogP contribution in [0.15, 0.2) is 12.2 Å². The van der Waals surface area contributed by atoms with Crippen LogP contribution in [0.1, 0.15) is 91.9 Å². The quantitative estimate of drug-likeness (QED) is 0.119. The summed E-state index contributed by atoms with van der Waals surface area (Å²) in [5.41, 5.74) is 0.459. The van der Waals surface area contributed by atoms with Crippen molar-refractivity contribution < 1.29 is 14.5 Å². The summed E-state index contributed by atoms with van der Waals surface area (Å²) < 4.78 is 5.32. The molecule has 0 amide bonds. The minimum absolute atomic E-state index is 0.289. The topological polar surface area (TPSA) is 27.7 Å². The van der Waals surface area contributed by atoms with E-state index < -0.39 is 5.60 Å². The smallest absolute Gasteiger partial charge is 0.190 e. The minimum Gasteiger partial charge on any atom is -0.353 e. The standard InChI is InChI=1S/C19H38O3/c1-7-8-9-10-11-12-13-14-15-16-18(20-6)21-22-19(4,5)17(2)3/h18H,2,7-16H2,1,3-6H3. The highest BCUT2D eigenvalue weighted by molar-refractivity contribution is 5.04. The van der Waals surface area contributed by atoms with E-state index in [1.807, 2.05) is 20.8 Å². The van der Waals surface area contributed by atoms with E-state index in [2.05, 4.69) is 13.5 Å². The van der Waals surface area contributed by atoms with Crippen molar-refractivity contribution >= 4 is 0 Å². The molecule has 0 aliphatic rings. The first-order valence-corrected chi connectivity index (χ1v) is 8.97. The maximum Gasteiger partial charge on any atom is 0.190 e. The Morgan fingerprint density at radius 3 is 1.91 bits per heavy atom. The van der Waals surface area contributed by atoms with Crippen LogP contribution >= 0.6 is 0 Å². The van der Waals surface area contributed by atoms with Gasteiger partial charge in [0.05, 0.1) is 0 Å². The van der Waals surface area contributed by atoms with E-state index in [1.54, 1.807) is 7.11 Å². The second-order valence-corrected chi connectivity index (χ2v) is 6.75. The Labute approximate surface area is 138 Å². The average molecular weight is 315 g/mol. The van der Waals surface area contributed by atoms with E-state index in [0.29, 0.717) is 0 Å². The van der Waals surface area contributed by atoms with Crippen LogP contribution in [0.4, 0.5) is 0 Å². The molecule has 0 aromatic heterocycles. The number of hydrogen-bond acceptors (Lipinski definition) is 3. The van der Waals surface area contributed by atoms with Gasteiger partial charge in [-0.1, -0.05) is 64.9 Å². The summed E-state index contributed by atoms with van der Waals surface area (Å²) in [7, 11) is 1.66. The predicted octanol–water partition coefficient (Wildman–Crippen LogP) is 6.18. The van der Waals surface area contributed by atoms with Gasteiger partial charge in [-0.15, -0.1) is 0 Å². The number of hydrogen-bond donors (Lipinski definition) is 0. The predicted molar refractivity (Wildman–Crippen MR) is 93.7 cm³/mol. The Hall–Kier alpha value is -0.380. The molecule has 3 nitrogen and oxygen atoms in total. The third kappa shape index (κ3) is 11.2. The van der Waals surface area contributed by atoms with Crippen molar-refractivity contribution in [3.63, 3.8) is 0 Å². The van der Waals surface area contributed by atoms with Gasteiger partial charge in [0.2, 0.25) is 0 Å². The van der Waals surface area contributed by atoms with E-state index in [0.717, 1.165) is 18.4 Å². The molecule has 0 saturated carbocycles. The maximum absolute atomic E-state index is 5.45. The molecule has 1 atom stereocenters. The fourth-order valence-electron chi connectivity index (χ4n) is 2.07. The van der Waals surface area contributed by atoms with E-state index in [4.69, 9.17) is 14.5 Å². The lowest BCUT2D eigenvalue weighted by molar-refractivity contribution is -0.409. The molecule has 0 radical (unpaired) electrons. The molecule has 0 aliphatic heterocycles. The van der Waals surface area contributed by atoms with Gasteiger partial charge >= 0.3 is 0 Å². The van der Waals surface area contributed by atoms with Crippen LogP contribution < -0.4 is 0 Å². The molecular formula is C19H38O3. The van der Waals surface area contributed by atoms with Crippen molar-refractivity contribution in [2.45, 2.75) is 104 Å². The van der Waals surface area contributed by atoms with Crippen LogP contribution in [0.3, 0.4) is 0 Å². The fraction of sp³-hybridized carbons (Fsp3) is 0.895. The molecule has 0 spiro atoms. The van der Waals surface area contributed by atoms with Crippen molar-refractivity contribution in [2.75, 3.05) is 7.11 Å². The van der Waals surface area contributed by atoms with Crippen LogP contribution in [-0.2, 0) is 14.5 Å². The summed E-state index contributed by atoms with van der Waals surface area (Å²) in [4.78, 5) is 10.9. The maximum atomic E-state index is 5.45. The van der Waals surface area contributed by atoms with Gasteiger partial charge in [-0.2, -0.15) is 0 Å². The van der Waals surface area contributed by atoms with Crippen LogP contribution in [0, 0.1) is 0 Å². The highest BCUT2D eigenvalue weighted by Crippen LogP contribution is 2.21. The van der Waals surface area contributed by atoms with Gasteiger partial charge in [-0.05, 0) is 32.8 Å². The van der Waals surface area contributed by atoms with Crippen molar-refractivity contribution in [1.82, 2.24) is 0 Å². The Bertz CT molecular complexity index is 274. The number of rotatable bonds is 15. The normalized spacial score (nSPS) is 13.3. The second-order valence-electron chi connectivity index (χ2n) is 6.75. The molecule has 0 aliphatic carbocycles. The largest absolute Gasteiger partial charge is 0.353 e. The lowest BCUT2D eigenvalue weighted by Crippen LogP contribution is -2.29. The molecule has 132 valence electrons. The van der Waals surface area contributed by atoms with E-state index in [-0.39, 0.29) is 6.29 Å². The van der Waals surface area contributed by atoms with Gasteiger partial charge in [-0.25, -0.2) is 9.78 Å². The lowest BCUT2D eigenvalue weighted by atomic mass is 10.0. The first kappa shape index (κ1) is 21.6. The molecule has 0 fully saturated rings. The Kier molecular flexibility index (Phi) is 12.9. The van der Waals surface area contributed by atoms with Gasteiger partial charge < -0.3 is 4.74 Å². The molecule has 0 aromatic rings. The molecular weight excluding hydrogens is 276 g/mol. The molecule has 0 saturated heterocycles. The van der Waals surface area contributed by atoms with Crippen LogP contribution in [-0.4, -0.2) is 19.0 Å². The number of unbranched alkanes of at least 4 members (excludes halogenated alkanes) is 8. The van der Waals surface area contributed by atoms with Crippen LogP contribution in [0.5, 0.6) is 0 Å². The van der Waals surface area contributed by atoms with Crippen molar-refractivity contribution in [2.24, 2.45) is 0 Å². The third-order valence-corrected chi connectivity index (χ3v) is 4.20. The summed E-state index contributed by atoms with van der Waals surface area (Å²) in [6.07, 6.45) is 12.5. The zero-order valence-corrected chi connectivity index (χ0v) is 15.6. The van der Waals surface area contributed by atoms with Gasteiger partial charge in [-0.3, -0.25) is 0 Å². The van der Waals surface area contributed by atoms with Gasteiger partial charge in [0, 0.05) is 13.5 Å². The monoisotopic (exact) mass is 314 g/mol.